The second-order valence-electron chi connectivity index (χ2n) is 4.51. The lowest BCUT2D eigenvalue weighted by molar-refractivity contribution is 0.612. The first kappa shape index (κ1) is 12.7. The molecule has 0 saturated carbocycles. The van der Waals surface area contributed by atoms with E-state index < -0.39 is 0 Å². The van der Waals surface area contributed by atoms with Crippen LogP contribution < -0.4 is 5.32 Å². The quantitative estimate of drug-likeness (QED) is 0.746. The molecule has 0 unspecified atom stereocenters. The van der Waals surface area contributed by atoms with E-state index in [9.17, 15) is 0 Å². The molecule has 0 aromatic carbocycles. The molecule has 0 atom stereocenters. The average molecular weight is 290 g/mol. The lowest BCUT2D eigenvalue weighted by Gasteiger charge is -2.09. The SMILES string of the molecule is CC(C)n1cnc2c(Nc3cncnc3)nc(Cl)nc21. The summed E-state index contributed by atoms with van der Waals surface area (Å²) in [5.74, 6) is 0.536. The number of hydrogen-bond donors (Lipinski definition) is 1. The van der Waals surface area contributed by atoms with E-state index >= 15 is 0 Å². The number of aromatic nitrogens is 6. The van der Waals surface area contributed by atoms with E-state index in [4.69, 9.17) is 11.6 Å². The molecule has 0 aliphatic carbocycles. The van der Waals surface area contributed by atoms with Gasteiger partial charge >= 0.3 is 0 Å². The van der Waals surface area contributed by atoms with E-state index in [0.717, 1.165) is 0 Å². The van der Waals surface area contributed by atoms with Crippen molar-refractivity contribution >= 4 is 34.3 Å². The lowest BCUT2D eigenvalue weighted by atomic mass is 10.4. The minimum absolute atomic E-state index is 0.166. The van der Waals surface area contributed by atoms with Crippen LogP contribution in [-0.4, -0.2) is 29.5 Å². The highest BCUT2D eigenvalue weighted by Gasteiger charge is 2.14. The summed E-state index contributed by atoms with van der Waals surface area (Å²) in [6.45, 7) is 4.10. The standard InChI is InChI=1S/C12H12ClN7/c1-7(2)20-6-16-9-10(18-12(13)19-11(9)20)17-8-3-14-5-15-4-8/h3-7H,1-2H3,(H,17,18,19). The van der Waals surface area contributed by atoms with Gasteiger partial charge in [0, 0.05) is 6.04 Å². The molecule has 3 rings (SSSR count). The topological polar surface area (TPSA) is 81.4 Å². The number of nitrogens with zero attached hydrogens (tertiary/aromatic N) is 6. The van der Waals surface area contributed by atoms with Crippen LogP contribution in [0.2, 0.25) is 5.28 Å². The molecule has 0 radical (unpaired) electrons. The van der Waals surface area contributed by atoms with Gasteiger partial charge in [0.15, 0.2) is 17.0 Å². The van der Waals surface area contributed by atoms with Crippen LogP contribution in [0.4, 0.5) is 11.5 Å². The molecule has 0 aliphatic rings. The van der Waals surface area contributed by atoms with Crippen LogP contribution in [0.5, 0.6) is 0 Å². The maximum Gasteiger partial charge on any atom is 0.226 e. The third kappa shape index (κ3) is 2.27. The van der Waals surface area contributed by atoms with Gasteiger partial charge in [0.25, 0.3) is 0 Å². The summed E-state index contributed by atoms with van der Waals surface area (Å²) in [7, 11) is 0. The van der Waals surface area contributed by atoms with Gasteiger partial charge in [-0.05, 0) is 25.4 Å². The molecule has 0 amide bonds. The zero-order valence-electron chi connectivity index (χ0n) is 10.9. The second-order valence-corrected chi connectivity index (χ2v) is 4.85. The van der Waals surface area contributed by atoms with E-state index in [1.54, 1.807) is 18.7 Å². The van der Waals surface area contributed by atoms with Crippen molar-refractivity contribution in [2.75, 3.05) is 5.32 Å². The van der Waals surface area contributed by atoms with E-state index in [2.05, 4.69) is 44.1 Å². The summed E-state index contributed by atoms with van der Waals surface area (Å²) < 4.78 is 1.94. The fourth-order valence-electron chi connectivity index (χ4n) is 1.86. The molecule has 0 spiro atoms. The van der Waals surface area contributed by atoms with Crippen molar-refractivity contribution in [3.05, 3.63) is 30.3 Å². The van der Waals surface area contributed by atoms with Crippen molar-refractivity contribution in [3.63, 3.8) is 0 Å². The summed E-state index contributed by atoms with van der Waals surface area (Å²) >= 11 is 5.99. The first-order chi connectivity index (χ1) is 9.65. The molecule has 1 N–H and O–H groups in total. The predicted octanol–water partition coefficient (Wildman–Crippen LogP) is 2.59. The van der Waals surface area contributed by atoms with Gasteiger partial charge in [-0.25, -0.2) is 15.0 Å². The maximum absolute atomic E-state index is 5.99. The van der Waals surface area contributed by atoms with E-state index in [1.165, 1.54) is 6.33 Å². The smallest absolute Gasteiger partial charge is 0.226 e. The summed E-state index contributed by atoms with van der Waals surface area (Å²) in [6, 6.07) is 0.235. The molecule has 3 heterocycles. The van der Waals surface area contributed by atoms with E-state index in [0.29, 0.717) is 22.7 Å². The number of imidazole rings is 1. The normalized spacial score (nSPS) is 11.2. The Balaban J connectivity index is 2.11. The van der Waals surface area contributed by atoms with Crippen molar-refractivity contribution in [2.24, 2.45) is 0 Å². The van der Waals surface area contributed by atoms with Crippen molar-refractivity contribution in [1.82, 2.24) is 29.5 Å². The third-order valence-electron chi connectivity index (χ3n) is 2.77. The van der Waals surface area contributed by atoms with Crippen LogP contribution in [0.1, 0.15) is 19.9 Å². The van der Waals surface area contributed by atoms with Crippen molar-refractivity contribution in [1.29, 1.82) is 0 Å². The Bertz CT molecular complexity index is 738. The fourth-order valence-corrected chi connectivity index (χ4v) is 2.02. The molecular formula is C12H12ClN7. The molecule has 0 fully saturated rings. The van der Waals surface area contributed by atoms with Gasteiger partial charge in [0.1, 0.15) is 6.33 Å². The number of rotatable bonds is 3. The van der Waals surface area contributed by atoms with E-state index in [1.807, 2.05) is 4.57 Å². The van der Waals surface area contributed by atoms with Gasteiger partial charge in [-0.15, -0.1) is 0 Å². The zero-order valence-corrected chi connectivity index (χ0v) is 11.7. The van der Waals surface area contributed by atoms with Crippen LogP contribution in [-0.2, 0) is 0 Å². The number of anilines is 2. The summed E-state index contributed by atoms with van der Waals surface area (Å²) in [5, 5.41) is 3.27. The van der Waals surface area contributed by atoms with Gasteiger partial charge < -0.3 is 9.88 Å². The largest absolute Gasteiger partial charge is 0.336 e. The molecule has 0 saturated heterocycles. The zero-order chi connectivity index (χ0) is 14.1. The molecule has 8 heteroatoms. The molecule has 20 heavy (non-hydrogen) atoms. The van der Waals surface area contributed by atoms with Gasteiger partial charge in [-0.3, -0.25) is 0 Å². The highest BCUT2D eigenvalue weighted by molar-refractivity contribution is 6.28. The predicted molar refractivity (Wildman–Crippen MR) is 76.0 cm³/mol. The summed E-state index contributed by atoms with van der Waals surface area (Å²) in [4.78, 5) is 20.7. The van der Waals surface area contributed by atoms with Gasteiger partial charge in [0.05, 0.1) is 24.4 Å². The first-order valence-corrected chi connectivity index (χ1v) is 6.45. The van der Waals surface area contributed by atoms with Crippen LogP contribution in [0.15, 0.2) is 25.0 Å². The highest BCUT2D eigenvalue weighted by Crippen LogP contribution is 2.25. The highest BCUT2D eigenvalue weighted by atomic mass is 35.5. The van der Waals surface area contributed by atoms with Crippen LogP contribution in [0.3, 0.4) is 0 Å². The fraction of sp³-hybridized carbons (Fsp3) is 0.250. The number of nitrogens with one attached hydrogen (secondary N) is 1. The third-order valence-corrected chi connectivity index (χ3v) is 2.94. The number of hydrogen-bond acceptors (Lipinski definition) is 6. The first-order valence-electron chi connectivity index (χ1n) is 6.07. The monoisotopic (exact) mass is 289 g/mol. The number of fused-ring (bicyclic) bond motifs is 1. The molecule has 7 nitrogen and oxygen atoms in total. The average Bonchev–Trinajstić information content (AvgIpc) is 2.83. The van der Waals surface area contributed by atoms with Crippen molar-refractivity contribution in [3.8, 4) is 0 Å². The van der Waals surface area contributed by atoms with Crippen LogP contribution in [0, 0.1) is 0 Å². The maximum atomic E-state index is 5.99. The molecule has 0 bridgehead atoms. The molecular weight excluding hydrogens is 278 g/mol. The Morgan fingerprint density at radius 2 is 1.95 bits per heavy atom. The summed E-state index contributed by atoms with van der Waals surface area (Å²) in [5.41, 5.74) is 2.06. The Morgan fingerprint density at radius 3 is 2.65 bits per heavy atom. The van der Waals surface area contributed by atoms with Gasteiger partial charge in [-0.1, -0.05) is 0 Å². The summed E-state index contributed by atoms with van der Waals surface area (Å²) in [6.07, 6.45) is 6.48. The molecule has 102 valence electrons. The Labute approximate surface area is 120 Å². The molecule has 3 aromatic heterocycles. The molecule has 0 aliphatic heterocycles. The number of halogens is 1. The van der Waals surface area contributed by atoms with Crippen molar-refractivity contribution < 1.29 is 0 Å². The minimum atomic E-state index is 0.166. The minimum Gasteiger partial charge on any atom is -0.336 e. The lowest BCUT2D eigenvalue weighted by Crippen LogP contribution is -2.02. The second kappa shape index (κ2) is 5.01. The molecule has 3 aromatic rings. The van der Waals surface area contributed by atoms with Crippen LogP contribution >= 0.6 is 11.6 Å². The van der Waals surface area contributed by atoms with Gasteiger partial charge in [-0.2, -0.15) is 9.97 Å². The van der Waals surface area contributed by atoms with Crippen LogP contribution in [0.25, 0.3) is 11.2 Å². The van der Waals surface area contributed by atoms with E-state index in [-0.39, 0.29) is 11.3 Å². The Hall–Kier alpha value is -2.28. The van der Waals surface area contributed by atoms with Crippen molar-refractivity contribution in [2.45, 2.75) is 19.9 Å². The van der Waals surface area contributed by atoms with Gasteiger partial charge in [0.2, 0.25) is 5.28 Å². The Kier molecular flexibility index (Phi) is 3.19. The Morgan fingerprint density at radius 1 is 1.20 bits per heavy atom.